The van der Waals surface area contributed by atoms with Crippen LogP contribution in [0.3, 0.4) is 0 Å². The van der Waals surface area contributed by atoms with E-state index in [2.05, 4.69) is 15.3 Å². The Bertz CT molecular complexity index is 715. The number of methoxy groups -OCH3 is 1. The summed E-state index contributed by atoms with van der Waals surface area (Å²) in [6.45, 7) is 0.273. The largest absolute Gasteiger partial charge is 0.497 e. The number of ether oxygens (including phenoxy) is 1. The normalized spacial score (nSPS) is 14.1. The predicted octanol–water partition coefficient (Wildman–Crippen LogP) is 1.08. The van der Waals surface area contributed by atoms with E-state index >= 15 is 0 Å². The first-order chi connectivity index (χ1) is 10.7. The van der Waals surface area contributed by atoms with Crippen molar-refractivity contribution < 1.29 is 14.3 Å². The molecule has 7 nitrogen and oxygen atoms in total. The number of rotatable bonds is 3. The van der Waals surface area contributed by atoms with Crippen molar-refractivity contribution in [2.45, 2.75) is 6.54 Å². The van der Waals surface area contributed by atoms with Gasteiger partial charge in [0.1, 0.15) is 12.3 Å². The fourth-order valence-electron chi connectivity index (χ4n) is 2.23. The average molecular weight is 298 g/mol. The first kappa shape index (κ1) is 14.0. The summed E-state index contributed by atoms with van der Waals surface area (Å²) in [6.07, 6.45) is 2.87. The highest BCUT2D eigenvalue weighted by Gasteiger charge is 2.28. The molecule has 112 valence electrons. The number of amides is 2. The monoisotopic (exact) mass is 298 g/mol. The quantitative estimate of drug-likeness (QED) is 0.916. The lowest BCUT2D eigenvalue weighted by Gasteiger charge is -2.19. The summed E-state index contributed by atoms with van der Waals surface area (Å²) in [4.78, 5) is 33.9. The molecule has 1 aliphatic heterocycles. The van der Waals surface area contributed by atoms with Crippen molar-refractivity contribution in [3.05, 3.63) is 47.9 Å². The number of aromatic nitrogens is 2. The van der Waals surface area contributed by atoms with Crippen molar-refractivity contribution in [1.29, 1.82) is 0 Å². The summed E-state index contributed by atoms with van der Waals surface area (Å²) in [7, 11) is 1.59. The second-order valence-electron chi connectivity index (χ2n) is 4.81. The lowest BCUT2D eigenvalue weighted by Crippen LogP contribution is -2.34. The zero-order chi connectivity index (χ0) is 15.5. The Morgan fingerprint density at radius 3 is 2.64 bits per heavy atom. The maximum absolute atomic E-state index is 12.5. The number of hydrogen-bond acceptors (Lipinski definition) is 5. The van der Waals surface area contributed by atoms with Gasteiger partial charge in [-0.15, -0.1) is 0 Å². The second-order valence-corrected chi connectivity index (χ2v) is 4.81. The molecule has 0 spiro atoms. The molecule has 0 saturated heterocycles. The lowest BCUT2D eigenvalue weighted by atomic mass is 10.2. The van der Waals surface area contributed by atoms with Crippen molar-refractivity contribution in [3.63, 3.8) is 0 Å². The molecule has 1 aliphatic rings. The highest BCUT2D eigenvalue weighted by Crippen LogP contribution is 2.18. The van der Waals surface area contributed by atoms with Crippen LogP contribution < -0.4 is 10.1 Å². The summed E-state index contributed by atoms with van der Waals surface area (Å²) >= 11 is 0. The fraction of sp³-hybridized carbons (Fsp3) is 0.200. The third-order valence-corrected chi connectivity index (χ3v) is 3.31. The van der Waals surface area contributed by atoms with Crippen LogP contribution >= 0.6 is 0 Å². The average Bonchev–Trinajstić information content (AvgIpc) is 2.65. The SMILES string of the molecule is COc1ccc(CN2CC(=O)Nc3nccnc3C2=O)cc1. The van der Waals surface area contributed by atoms with Crippen LogP contribution in [0.2, 0.25) is 0 Å². The van der Waals surface area contributed by atoms with E-state index in [0.717, 1.165) is 11.3 Å². The van der Waals surface area contributed by atoms with Crippen molar-refractivity contribution in [2.75, 3.05) is 19.0 Å². The number of carbonyl (C=O) groups excluding carboxylic acids is 2. The molecule has 0 bridgehead atoms. The van der Waals surface area contributed by atoms with Crippen LogP contribution in [0.25, 0.3) is 0 Å². The van der Waals surface area contributed by atoms with Crippen molar-refractivity contribution in [1.82, 2.24) is 14.9 Å². The van der Waals surface area contributed by atoms with Gasteiger partial charge in [0.2, 0.25) is 5.91 Å². The fourth-order valence-corrected chi connectivity index (χ4v) is 2.23. The molecule has 0 saturated carbocycles. The van der Waals surface area contributed by atoms with E-state index in [-0.39, 0.29) is 29.9 Å². The Hall–Kier alpha value is -2.96. The highest BCUT2D eigenvalue weighted by atomic mass is 16.5. The van der Waals surface area contributed by atoms with Crippen molar-refractivity contribution in [3.8, 4) is 5.75 Å². The predicted molar refractivity (Wildman–Crippen MR) is 78.4 cm³/mol. The van der Waals surface area contributed by atoms with Crippen LogP contribution in [0.5, 0.6) is 5.75 Å². The number of benzene rings is 1. The van der Waals surface area contributed by atoms with Crippen molar-refractivity contribution in [2.24, 2.45) is 0 Å². The van der Waals surface area contributed by atoms with Crippen LogP contribution in [0, 0.1) is 0 Å². The lowest BCUT2D eigenvalue weighted by molar-refractivity contribution is -0.116. The number of anilines is 1. The molecule has 0 fully saturated rings. The zero-order valence-electron chi connectivity index (χ0n) is 11.9. The first-order valence-electron chi connectivity index (χ1n) is 6.70. The Balaban J connectivity index is 1.86. The molecule has 2 aromatic rings. The Morgan fingerprint density at radius 1 is 1.18 bits per heavy atom. The minimum atomic E-state index is -0.322. The molecule has 22 heavy (non-hydrogen) atoms. The van der Waals surface area contributed by atoms with Gasteiger partial charge in [-0.05, 0) is 17.7 Å². The molecule has 0 radical (unpaired) electrons. The van der Waals surface area contributed by atoms with E-state index in [1.54, 1.807) is 7.11 Å². The van der Waals surface area contributed by atoms with Gasteiger partial charge < -0.3 is 15.0 Å². The van der Waals surface area contributed by atoms with Crippen molar-refractivity contribution >= 4 is 17.6 Å². The summed E-state index contributed by atoms with van der Waals surface area (Å²) < 4.78 is 5.10. The van der Waals surface area contributed by atoms with Gasteiger partial charge >= 0.3 is 0 Å². The standard InChI is InChI=1S/C15H14N4O3/c1-22-11-4-2-10(3-5-11)8-19-9-12(20)18-14-13(15(19)21)16-6-7-17-14/h2-7H,8-9H2,1H3,(H,17,18,20). The molecule has 2 heterocycles. The van der Waals surface area contributed by atoms with Gasteiger partial charge in [0.15, 0.2) is 11.5 Å². The van der Waals surface area contributed by atoms with Gasteiger partial charge in [-0.25, -0.2) is 9.97 Å². The van der Waals surface area contributed by atoms with Gasteiger partial charge in [-0.3, -0.25) is 9.59 Å². The Kier molecular flexibility index (Phi) is 3.69. The highest BCUT2D eigenvalue weighted by molar-refractivity contribution is 6.06. The van der Waals surface area contributed by atoms with Crippen LogP contribution in [-0.4, -0.2) is 40.3 Å². The van der Waals surface area contributed by atoms with Gasteiger partial charge in [0.05, 0.1) is 7.11 Å². The summed E-state index contributed by atoms with van der Waals surface area (Å²) in [5.41, 5.74) is 1.05. The topological polar surface area (TPSA) is 84.4 Å². The third kappa shape index (κ3) is 2.73. The first-order valence-corrected chi connectivity index (χ1v) is 6.70. The van der Waals surface area contributed by atoms with Gasteiger partial charge in [-0.1, -0.05) is 12.1 Å². The Morgan fingerprint density at radius 2 is 1.91 bits per heavy atom. The molecule has 1 aromatic carbocycles. The maximum Gasteiger partial charge on any atom is 0.277 e. The molecule has 3 rings (SSSR count). The minimum Gasteiger partial charge on any atom is -0.497 e. The minimum absolute atomic E-state index is 0.0388. The van der Waals surface area contributed by atoms with E-state index in [1.165, 1.54) is 17.3 Å². The zero-order valence-corrected chi connectivity index (χ0v) is 11.9. The summed E-state index contributed by atoms with van der Waals surface area (Å²) in [5.74, 6) is 0.327. The number of hydrogen-bond donors (Lipinski definition) is 1. The van der Waals surface area contributed by atoms with E-state index in [9.17, 15) is 9.59 Å². The number of nitrogens with zero attached hydrogens (tertiary/aromatic N) is 3. The number of carbonyl (C=O) groups is 2. The molecule has 0 atom stereocenters. The smallest absolute Gasteiger partial charge is 0.277 e. The van der Waals surface area contributed by atoms with Gasteiger partial charge in [0, 0.05) is 18.9 Å². The van der Waals surface area contributed by atoms with E-state index in [0.29, 0.717) is 6.54 Å². The van der Waals surface area contributed by atoms with Gasteiger partial charge in [-0.2, -0.15) is 0 Å². The van der Waals surface area contributed by atoms with Crippen LogP contribution in [0.4, 0.5) is 5.82 Å². The van der Waals surface area contributed by atoms with E-state index in [1.807, 2.05) is 24.3 Å². The molecule has 1 aromatic heterocycles. The molecule has 1 N–H and O–H groups in total. The molecule has 0 aliphatic carbocycles. The number of fused-ring (bicyclic) bond motifs is 1. The van der Waals surface area contributed by atoms with E-state index < -0.39 is 0 Å². The van der Waals surface area contributed by atoms with Gasteiger partial charge in [0.25, 0.3) is 5.91 Å². The molecule has 0 unspecified atom stereocenters. The van der Waals surface area contributed by atoms with Crippen LogP contribution in [0.1, 0.15) is 16.1 Å². The molecule has 7 heteroatoms. The van der Waals surface area contributed by atoms with Crippen LogP contribution in [0.15, 0.2) is 36.7 Å². The third-order valence-electron chi connectivity index (χ3n) is 3.31. The molecular weight excluding hydrogens is 284 g/mol. The maximum atomic E-state index is 12.5. The second kappa shape index (κ2) is 5.80. The van der Waals surface area contributed by atoms with Crippen LogP contribution in [-0.2, 0) is 11.3 Å². The molecule has 2 amide bonds. The van der Waals surface area contributed by atoms with E-state index in [4.69, 9.17) is 4.74 Å². The summed E-state index contributed by atoms with van der Waals surface area (Å²) in [6, 6.07) is 7.33. The Labute approximate surface area is 126 Å². The summed E-state index contributed by atoms with van der Waals surface area (Å²) in [5, 5.41) is 2.59. The molecular formula is C15H14N4O3. The number of nitrogens with one attached hydrogen (secondary N) is 1.